The molecule has 5 nitrogen and oxygen atoms in total. The van der Waals surface area contributed by atoms with Crippen molar-refractivity contribution >= 4 is 5.91 Å². The Kier molecular flexibility index (Phi) is 5.69. The number of hydrogen-bond acceptors (Lipinski definition) is 3. The van der Waals surface area contributed by atoms with Crippen molar-refractivity contribution in [3.63, 3.8) is 0 Å². The topological polar surface area (TPSA) is 83.8 Å². The fourth-order valence-electron chi connectivity index (χ4n) is 1.53. The van der Waals surface area contributed by atoms with E-state index < -0.39 is 6.04 Å². The third-order valence-electron chi connectivity index (χ3n) is 3.00. The van der Waals surface area contributed by atoms with Gasteiger partial charge in [0.25, 0.3) is 0 Å². The highest BCUT2D eigenvalue weighted by Crippen LogP contribution is 2.05. The maximum Gasteiger partial charge on any atom is 0.237 e. The molecule has 0 aliphatic rings. The third-order valence-corrected chi connectivity index (χ3v) is 3.00. The molecule has 0 aliphatic heterocycles. The molecule has 5 heteroatoms. The number of aromatic nitrogens is 2. The van der Waals surface area contributed by atoms with Crippen molar-refractivity contribution < 1.29 is 4.79 Å². The van der Waals surface area contributed by atoms with Crippen LogP contribution in [-0.4, -0.2) is 28.5 Å². The lowest BCUT2D eigenvalue weighted by Crippen LogP contribution is -2.44. The molecule has 1 aromatic rings. The Hall–Kier alpha value is -1.36. The number of nitrogens with zero attached hydrogens (tertiary/aromatic N) is 1. The summed E-state index contributed by atoms with van der Waals surface area (Å²) in [6.07, 6.45) is 6.15. The Morgan fingerprint density at radius 3 is 3.00 bits per heavy atom. The molecule has 17 heavy (non-hydrogen) atoms. The average molecular weight is 238 g/mol. The second kappa shape index (κ2) is 7.06. The largest absolute Gasteiger partial charge is 0.355 e. The van der Waals surface area contributed by atoms with Crippen LogP contribution < -0.4 is 11.1 Å². The second-order valence-corrected chi connectivity index (χ2v) is 4.34. The second-order valence-electron chi connectivity index (χ2n) is 4.34. The van der Waals surface area contributed by atoms with Gasteiger partial charge in [-0.2, -0.15) is 0 Å². The van der Waals surface area contributed by atoms with Crippen LogP contribution in [0.5, 0.6) is 0 Å². The maximum absolute atomic E-state index is 11.6. The molecule has 96 valence electrons. The molecule has 1 amide bonds. The fraction of sp³-hybridized carbons (Fsp3) is 0.667. The minimum absolute atomic E-state index is 0.0567. The Morgan fingerprint density at radius 1 is 1.65 bits per heavy atom. The van der Waals surface area contributed by atoms with Crippen molar-refractivity contribution in [1.82, 2.24) is 15.3 Å². The van der Waals surface area contributed by atoms with Gasteiger partial charge in [0.2, 0.25) is 5.91 Å². The van der Waals surface area contributed by atoms with Crippen molar-refractivity contribution in [1.29, 1.82) is 0 Å². The summed E-state index contributed by atoms with van der Waals surface area (Å²) in [4.78, 5) is 18.8. The van der Waals surface area contributed by atoms with Gasteiger partial charge in [0, 0.05) is 25.4 Å². The molecule has 0 bridgehead atoms. The molecule has 0 spiro atoms. The first-order valence-electron chi connectivity index (χ1n) is 6.16. The summed E-state index contributed by atoms with van der Waals surface area (Å²) >= 11 is 0. The number of nitrogens with one attached hydrogen (secondary N) is 2. The van der Waals surface area contributed by atoms with E-state index in [0.717, 1.165) is 25.1 Å². The van der Waals surface area contributed by atoms with Crippen LogP contribution in [0.25, 0.3) is 0 Å². The summed E-state index contributed by atoms with van der Waals surface area (Å²) in [6.45, 7) is 4.67. The van der Waals surface area contributed by atoms with E-state index in [2.05, 4.69) is 15.3 Å². The quantitative estimate of drug-likeness (QED) is 0.615. The Morgan fingerprint density at radius 2 is 2.41 bits per heavy atom. The normalized spacial score (nSPS) is 14.3. The highest BCUT2D eigenvalue weighted by Gasteiger charge is 2.18. The first kappa shape index (κ1) is 13.7. The highest BCUT2D eigenvalue weighted by atomic mass is 16.2. The third kappa shape index (κ3) is 4.56. The molecular weight excluding hydrogens is 216 g/mol. The van der Waals surface area contributed by atoms with Gasteiger partial charge < -0.3 is 16.0 Å². The van der Waals surface area contributed by atoms with Crippen molar-refractivity contribution in [2.45, 2.75) is 39.2 Å². The van der Waals surface area contributed by atoms with Gasteiger partial charge in [-0.15, -0.1) is 0 Å². The van der Waals surface area contributed by atoms with Gasteiger partial charge >= 0.3 is 0 Å². The van der Waals surface area contributed by atoms with Crippen LogP contribution in [0.3, 0.4) is 0 Å². The van der Waals surface area contributed by atoms with Gasteiger partial charge in [0.05, 0.1) is 6.04 Å². The number of hydrogen-bond donors (Lipinski definition) is 3. The summed E-state index contributed by atoms with van der Waals surface area (Å²) in [5.74, 6) is 1.12. The average Bonchev–Trinajstić information content (AvgIpc) is 2.85. The van der Waals surface area contributed by atoms with E-state index in [0.29, 0.717) is 6.54 Å². The molecule has 1 rings (SSSR count). The molecule has 4 N–H and O–H groups in total. The Balaban J connectivity index is 2.16. The number of aryl methyl sites for hydroxylation is 1. The summed E-state index contributed by atoms with van der Waals surface area (Å²) < 4.78 is 0. The van der Waals surface area contributed by atoms with Crippen LogP contribution in [0.1, 0.15) is 32.5 Å². The summed E-state index contributed by atoms with van der Waals surface area (Å²) in [7, 11) is 0. The standard InChI is InChI=1S/C12H22N4O/c1-3-9(2)11(13)12(17)16-6-4-5-10-14-7-8-15-10/h7-9,11H,3-6,13H2,1-2H3,(H,14,15)(H,16,17). The molecule has 2 atom stereocenters. The molecular formula is C12H22N4O. The van der Waals surface area contributed by atoms with Gasteiger partial charge in [0.1, 0.15) is 5.82 Å². The van der Waals surface area contributed by atoms with Crippen molar-refractivity contribution in [2.75, 3.05) is 6.54 Å². The van der Waals surface area contributed by atoms with Crippen LogP contribution in [0.15, 0.2) is 12.4 Å². The minimum Gasteiger partial charge on any atom is -0.355 e. The SMILES string of the molecule is CCC(C)C(N)C(=O)NCCCc1ncc[nH]1. The van der Waals surface area contributed by atoms with E-state index >= 15 is 0 Å². The number of amides is 1. The molecule has 1 heterocycles. The summed E-state index contributed by atoms with van der Waals surface area (Å²) in [6, 6.07) is -0.399. The van der Waals surface area contributed by atoms with Crippen LogP contribution in [0.4, 0.5) is 0 Å². The van der Waals surface area contributed by atoms with Gasteiger partial charge in [-0.1, -0.05) is 20.3 Å². The van der Waals surface area contributed by atoms with Gasteiger partial charge in [0.15, 0.2) is 0 Å². The van der Waals surface area contributed by atoms with Crippen LogP contribution in [0, 0.1) is 5.92 Å². The zero-order chi connectivity index (χ0) is 12.7. The molecule has 0 fully saturated rings. The van der Waals surface area contributed by atoms with Crippen LogP contribution in [-0.2, 0) is 11.2 Å². The number of rotatable bonds is 7. The predicted octanol–water partition coefficient (Wildman–Crippen LogP) is 0.832. The van der Waals surface area contributed by atoms with Crippen LogP contribution in [0.2, 0.25) is 0 Å². The number of imidazole rings is 1. The molecule has 0 saturated carbocycles. The molecule has 0 aromatic carbocycles. The van der Waals surface area contributed by atoms with E-state index in [9.17, 15) is 4.79 Å². The van der Waals surface area contributed by atoms with Gasteiger partial charge in [-0.25, -0.2) is 4.98 Å². The molecule has 2 unspecified atom stereocenters. The zero-order valence-corrected chi connectivity index (χ0v) is 10.6. The number of carbonyl (C=O) groups is 1. The molecule has 0 radical (unpaired) electrons. The summed E-state index contributed by atoms with van der Waals surface area (Å²) in [5.41, 5.74) is 5.82. The van der Waals surface area contributed by atoms with E-state index in [1.165, 1.54) is 0 Å². The Labute approximate surface area is 102 Å². The monoisotopic (exact) mass is 238 g/mol. The number of carbonyl (C=O) groups excluding carboxylic acids is 1. The lowest BCUT2D eigenvalue weighted by atomic mass is 9.99. The van der Waals surface area contributed by atoms with Crippen molar-refractivity contribution in [3.8, 4) is 0 Å². The first-order valence-corrected chi connectivity index (χ1v) is 6.16. The van der Waals surface area contributed by atoms with E-state index in [1.54, 1.807) is 12.4 Å². The predicted molar refractivity (Wildman–Crippen MR) is 67.3 cm³/mol. The zero-order valence-electron chi connectivity index (χ0n) is 10.6. The lowest BCUT2D eigenvalue weighted by Gasteiger charge is -2.17. The number of H-pyrrole nitrogens is 1. The number of aromatic amines is 1. The molecule has 1 aromatic heterocycles. The Bertz CT molecular complexity index is 323. The molecule has 0 saturated heterocycles. The number of nitrogens with two attached hydrogens (primary N) is 1. The van der Waals surface area contributed by atoms with Crippen LogP contribution >= 0.6 is 0 Å². The minimum atomic E-state index is -0.399. The smallest absolute Gasteiger partial charge is 0.237 e. The van der Waals surface area contributed by atoms with Gasteiger partial charge in [-0.05, 0) is 12.3 Å². The van der Waals surface area contributed by atoms with Gasteiger partial charge in [-0.3, -0.25) is 4.79 Å². The highest BCUT2D eigenvalue weighted by molar-refractivity contribution is 5.81. The molecule has 0 aliphatic carbocycles. The summed E-state index contributed by atoms with van der Waals surface area (Å²) in [5, 5.41) is 2.85. The maximum atomic E-state index is 11.6. The van der Waals surface area contributed by atoms with E-state index in [4.69, 9.17) is 5.73 Å². The van der Waals surface area contributed by atoms with Crippen molar-refractivity contribution in [3.05, 3.63) is 18.2 Å². The lowest BCUT2D eigenvalue weighted by molar-refractivity contribution is -0.123. The first-order chi connectivity index (χ1) is 8.15. The van der Waals surface area contributed by atoms with E-state index in [-0.39, 0.29) is 11.8 Å². The van der Waals surface area contributed by atoms with Crippen molar-refractivity contribution in [2.24, 2.45) is 11.7 Å². The van der Waals surface area contributed by atoms with E-state index in [1.807, 2.05) is 13.8 Å². The fourth-order valence-corrected chi connectivity index (χ4v) is 1.53.